The van der Waals surface area contributed by atoms with Crippen molar-refractivity contribution in [1.82, 2.24) is 19.8 Å². The second-order valence-corrected chi connectivity index (χ2v) is 6.69. The van der Waals surface area contributed by atoms with Crippen LogP contribution in [0.15, 0.2) is 0 Å². The molecule has 2 heterocycles. The van der Waals surface area contributed by atoms with Gasteiger partial charge in [0.05, 0.1) is 19.2 Å². The van der Waals surface area contributed by atoms with E-state index in [0.29, 0.717) is 25.3 Å². The molecule has 2 saturated heterocycles. The lowest BCUT2D eigenvalue weighted by Crippen LogP contribution is -2.74. The Hall–Kier alpha value is -2.14. The summed E-state index contributed by atoms with van der Waals surface area (Å²) < 4.78 is 0. The van der Waals surface area contributed by atoms with Crippen molar-refractivity contribution in [3.8, 4) is 6.07 Å². The van der Waals surface area contributed by atoms with Gasteiger partial charge in [-0.1, -0.05) is 27.2 Å². The van der Waals surface area contributed by atoms with Gasteiger partial charge in [-0.05, 0) is 12.3 Å². The second kappa shape index (κ2) is 7.62. The van der Waals surface area contributed by atoms with Crippen LogP contribution in [-0.2, 0) is 14.4 Å². The van der Waals surface area contributed by atoms with Crippen molar-refractivity contribution < 1.29 is 14.4 Å². The molecule has 132 valence electrons. The maximum Gasteiger partial charge on any atom is 0.245 e. The molecule has 2 fully saturated rings. The maximum absolute atomic E-state index is 12.8. The molecule has 8 nitrogen and oxygen atoms in total. The standard InChI is InChI=1S/C16H25N5O3/c1-4-5-13-16(24)18(8-12(2)3)9-14-20(11-22)19(7-6-17)10-15(23)21(13)14/h11-14H,4-5,7-10H2,1-3H3/t13-,14?/m0/s1. The Labute approximate surface area is 142 Å². The van der Waals surface area contributed by atoms with Crippen LogP contribution in [0.2, 0.25) is 0 Å². The van der Waals surface area contributed by atoms with Gasteiger partial charge in [-0.25, -0.2) is 0 Å². The minimum atomic E-state index is -0.537. The molecule has 8 heteroatoms. The number of carbonyl (C=O) groups excluding carboxylic acids is 3. The van der Waals surface area contributed by atoms with E-state index in [-0.39, 0.29) is 31.4 Å². The molecule has 24 heavy (non-hydrogen) atoms. The molecule has 2 aliphatic heterocycles. The Balaban J connectivity index is 2.36. The van der Waals surface area contributed by atoms with Gasteiger partial charge in [-0.3, -0.25) is 19.4 Å². The zero-order chi connectivity index (χ0) is 17.9. The molecule has 0 aromatic carbocycles. The average molecular weight is 335 g/mol. The molecule has 0 radical (unpaired) electrons. The monoisotopic (exact) mass is 335 g/mol. The van der Waals surface area contributed by atoms with E-state index in [2.05, 4.69) is 0 Å². The van der Waals surface area contributed by atoms with Crippen LogP contribution in [0.3, 0.4) is 0 Å². The fourth-order valence-corrected chi connectivity index (χ4v) is 3.47. The number of piperazine rings is 1. The molecular weight excluding hydrogens is 310 g/mol. The topological polar surface area (TPSA) is 88.0 Å². The molecule has 1 unspecified atom stereocenters. The number of nitrogens with zero attached hydrogens (tertiary/aromatic N) is 5. The van der Waals surface area contributed by atoms with Crippen LogP contribution in [0.1, 0.15) is 33.6 Å². The van der Waals surface area contributed by atoms with Gasteiger partial charge >= 0.3 is 0 Å². The summed E-state index contributed by atoms with van der Waals surface area (Å²) in [5, 5.41) is 11.8. The van der Waals surface area contributed by atoms with Crippen molar-refractivity contribution >= 4 is 18.2 Å². The minimum absolute atomic E-state index is 0.0363. The van der Waals surface area contributed by atoms with E-state index >= 15 is 0 Å². The van der Waals surface area contributed by atoms with Crippen molar-refractivity contribution in [2.75, 3.05) is 26.2 Å². The highest BCUT2D eigenvalue weighted by Crippen LogP contribution is 2.27. The highest BCUT2D eigenvalue weighted by atomic mass is 16.2. The largest absolute Gasteiger partial charge is 0.337 e. The Morgan fingerprint density at radius 3 is 2.62 bits per heavy atom. The zero-order valence-corrected chi connectivity index (χ0v) is 14.5. The molecule has 0 spiro atoms. The summed E-state index contributed by atoms with van der Waals surface area (Å²) in [6, 6.07) is 1.44. The summed E-state index contributed by atoms with van der Waals surface area (Å²) in [6.45, 7) is 6.80. The van der Waals surface area contributed by atoms with E-state index in [4.69, 9.17) is 5.26 Å². The van der Waals surface area contributed by atoms with Crippen molar-refractivity contribution in [1.29, 1.82) is 5.26 Å². The molecule has 2 atom stereocenters. The van der Waals surface area contributed by atoms with Gasteiger partial charge in [0, 0.05) is 6.54 Å². The second-order valence-electron chi connectivity index (χ2n) is 6.69. The quantitative estimate of drug-likeness (QED) is 0.504. The number of hydrazine groups is 1. The first-order chi connectivity index (χ1) is 11.4. The van der Waals surface area contributed by atoms with Gasteiger partial charge in [0.2, 0.25) is 18.2 Å². The number of hydrogen-bond donors (Lipinski definition) is 0. The Morgan fingerprint density at radius 1 is 1.38 bits per heavy atom. The molecule has 0 aromatic heterocycles. The maximum atomic E-state index is 12.8. The number of amides is 3. The van der Waals surface area contributed by atoms with Crippen molar-refractivity contribution in [2.24, 2.45) is 5.92 Å². The van der Waals surface area contributed by atoms with Gasteiger partial charge in [-0.15, -0.1) is 0 Å². The van der Waals surface area contributed by atoms with E-state index in [0.717, 1.165) is 6.42 Å². The van der Waals surface area contributed by atoms with Crippen LogP contribution in [0.5, 0.6) is 0 Å². The summed E-state index contributed by atoms with van der Waals surface area (Å²) >= 11 is 0. The Kier molecular flexibility index (Phi) is 5.78. The van der Waals surface area contributed by atoms with E-state index in [1.54, 1.807) is 9.80 Å². The van der Waals surface area contributed by atoms with Crippen LogP contribution in [0, 0.1) is 17.2 Å². The number of hydrogen-bond acceptors (Lipinski definition) is 5. The summed E-state index contributed by atoms with van der Waals surface area (Å²) in [4.78, 5) is 40.3. The van der Waals surface area contributed by atoms with E-state index in [9.17, 15) is 14.4 Å². The third-order valence-electron chi connectivity index (χ3n) is 4.38. The summed E-state index contributed by atoms with van der Waals surface area (Å²) in [5.41, 5.74) is 0. The zero-order valence-electron chi connectivity index (χ0n) is 14.5. The van der Waals surface area contributed by atoms with Crippen LogP contribution < -0.4 is 0 Å². The number of rotatable bonds is 6. The van der Waals surface area contributed by atoms with Gasteiger partial charge in [0.25, 0.3) is 0 Å². The van der Waals surface area contributed by atoms with Gasteiger partial charge in [0.15, 0.2) is 0 Å². The fraction of sp³-hybridized carbons (Fsp3) is 0.750. The molecule has 0 N–H and O–H groups in total. The van der Waals surface area contributed by atoms with Crippen LogP contribution in [0.4, 0.5) is 0 Å². The molecule has 2 aliphatic rings. The minimum Gasteiger partial charge on any atom is -0.337 e. The third-order valence-corrected chi connectivity index (χ3v) is 4.38. The predicted octanol–water partition coefficient (Wildman–Crippen LogP) is 0.0206. The Bertz CT molecular complexity index is 544. The average Bonchev–Trinajstić information content (AvgIpc) is 2.51. The number of nitriles is 1. The molecule has 2 rings (SSSR count). The van der Waals surface area contributed by atoms with Gasteiger partial charge in [-0.2, -0.15) is 10.3 Å². The number of carbonyl (C=O) groups is 3. The first kappa shape index (κ1) is 18.2. The normalized spacial score (nSPS) is 25.0. The van der Waals surface area contributed by atoms with E-state index < -0.39 is 12.2 Å². The summed E-state index contributed by atoms with van der Waals surface area (Å²) in [5.74, 6) is 0.0426. The molecular formula is C16H25N5O3. The van der Waals surface area contributed by atoms with Crippen molar-refractivity contribution in [3.05, 3.63) is 0 Å². The van der Waals surface area contributed by atoms with E-state index in [1.807, 2.05) is 26.8 Å². The van der Waals surface area contributed by atoms with Crippen molar-refractivity contribution in [2.45, 2.75) is 45.8 Å². The molecule has 3 amide bonds. The lowest BCUT2D eigenvalue weighted by molar-refractivity contribution is -0.199. The molecule has 0 saturated carbocycles. The number of fused-ring (bicyclic) bond motifs is 1. The highest BCUT2D eigenvalue weighted by molar-refractivity contribution is 5.90. The van der Waals surface area contributed by atoms with E-state index in [1.165, 1.54) is 10.0 Å². The molecule has 0 aliphatic carbocycles. The summed E-state index contributed by atoms with van der Waals surface area (Å²) in [7, 11) is 0. The van der Waals surface area contributed by atoms with Crippen LogP contribution in [0.25, 0.3) is 0 Å². The first-order valence-electron chi connectivity index (χ1n) is 8.39. The fourth-order valence-electron chi connectivity index (χ4n) is 3.47. The SMILES string of the molecule is CCC[C@H]1C(=O)N(CC(C)C)CC2N1C(=O)CN(CC#N)N2C=O. The van der Waals surface area contributed by atoms with Crippen molar-refractivity contribution in [3.63, 3.8) is 0 Å². The third kappa shape index (κ3) is 3.36. The Morgan fingerprint density at radius 2 is 2.08 bits per heavy atom. The van der Waals surface area contributed by atoms with Gasteiger partial charge < -0.3 is 9.80 Å². The van der Waals surface area contributed by atoms with Crippen LogP contribution >= 0.6 is 0 Å². The highest BCUT2D eigenvalue weighted by Gasteiger charge is 2.49. The smallest absolute Gasteiger partial charge is 0.245 e. The van der Waals surface area contributed by atoms with Crippen LogP contribution in [-0.4, -0.2) is 76.4 Å². The predicted molar refractivity (Wildman–Crippen MR) is 85.8 cm³/mol. The lowest BCUT2D eigenvalue weighted by atomic mass is 10.0. The first-order valence-corrected chi connectivity index (χ1v) is 8.39. The van der Waals surface area contributed by atoms with Gasteiger partial charge in [0.1, 0.15) is 18.8 Å². The molecule has 0 aromatic rings. The lowest BCUT2D eigenvalue weighted by Gasteiger charge is -2.54. The molecule has 0 bridgehead atoms. The summed E-state index contributed by atoms with van der Waals surface area (Å²) in [6.07, 6.45) is 1.45.